The number of fused-ring (bicyclic) bond motifs is 1. The number of nitrogens with one attached hydrogen (secondary N) is 1. The Kier molecular flexibility index (Phi) is 2.83. The van der Waals surface area contributed by atoms with Crippen LogP contribution in [-0.2, 0) is 4.79 Å². The van der Waals surface area contributed by atoms with Crippen LogP contribution in [0.2, 0.25) is 0 Å². The number of aliphatic carboxylic acids is 1. The van der Waals surface area contributed by atoms with Gasteiger partial charge in [0.15, 0.2) is 0 Å². The Hall–Kier alpha value is -1.94. The zero-order chi connectivity index (χ0) is 11.5. The number of pyridine rings is 1. The largest absolute Gasteiger partial charge is 0.480 e. The summed E-state index contributed by atoms with van der Waals surface area (Å²) in [5.74, 6) is -0.890. The molecule has 0 bridgehead atoms. The summed E-state index contributed by atoms with van der Waals surface area (Å²) in [5.41, 5.74) is 1.54. The van der Waals surface area contributed by atoms with Gasteiger partial charge in [-0.2, -0.15) is 0 Å². The average Bonchev–Trinajstić information content (AvgIpc) is 2.30. The first kappa shape index (κ1) is 10.6. The van der Waals surface area contributed by atoms with E-state index in [0.29, 0.717) is 0 Å². The zero-order valence-electron chi connectivity index (χ0n) is 8.84. The second-order valence-electron chi connectivity index (χ2n) is 3.48. The highest BCUT2D eigenvalue weighted by atomic mass is 16.4. The first-order valence-electron chi connectivity index (χ1n) is 4.97. The molecule has 2 N–H and O–H groups in total. The normalized spacial score (nSPS) is 12.6. The van der Waals surface area contributed by atoms with Gasteiger partial charge in [-0.05, 0) is 24.7 Å². The molecular weight excluding hydrogens is 204 g/mol. The monoisotopic (exact) mass is 216 g/mol. The van der Waals surface area contributed by atoms with Gasteiger partial charge in [0.05, 0.1) is 5.52 Å². The maximum absolute atomic E-state index is 11.1. The molecule has 0 fully saturated rings. The predicted octanol–water partition coefficient (Wildman–Crippen LogP) is 1.58. The van der Waals surface area contributed by atoms with Crippen molar-refractivity contribution in [1.29, 1.82) is 0 Å². The summed E-state index contributed by atoms with van der Waals surface area (Å²) >= 11 is 0. The van der Waals surface area contributed by atoms with Gasteiger partial charge >= 0.3 is 5.97 Å². The van der Waals surface area contributed by atoms with Crippen molar-refractivity contribution in [1.82, 2.24) is 10.3 Å². The molecule has 0 amide bonds. The highest BCUT2D eigenvalue weighted by Gasteiger charge is 2.19. The Bertz CT molecular complexity index is 520. The minimum Gasteiger partial charge on any atom is -0.480 e. The van der Waals surface area contributed by atoms with Crippen molar-refractivity contribution in [2.24, 2.45) is 0 Å². The molecule has 1 atom stereocenters. The molecule has 1 aromatic carbocycles. The summed E-state index contributed by atoms with van der Waals surface area (Å²) in [6, 6.07) is 8.54. The van der Waals surface area contributed by atoms with Crippen LogP contribution in [0.1, 0.15) is 11.6 Å². The molecule has 0 aliphatic rings. The number of carbonyl (C=O) groups is 1. The Balaban J connectivity index is 2.63. The highest BCUT2D eigenvalue weighted by molar-refractivity contribution is 5.88. The van der Waals surface area contributed by atoms with Crippen LogP contribution >= 0.6 is 0 Å². The van der Waals surface area contributed by atoms with E-state index in [4.69, 9.17) is 5.11 Å². The maximum Gasteiger partial charge on any atom is 0.325 e. The van der Waals surface area contributed by atoms with Crippen molar-refractivity contribution in [3.05, 3.63) is 42.1 Å². The van der Waals surface area contributed by atoms with E-state index >= 15 is 0 Å². The van der Waals surface area contributed by atoms with Crippen molar-refractivity contribution in [3.8, 4) is 0 Å². The summed E-state index contributed by atoms with van der Waals surface area (Å²) in [5, 5.41) is 12.8. The molecule has 16 heavy (non-hydrogen) atoms. The summed E-state index contributed by atoms with van der Waals surface area (Å²) in [4.78, 5) is 15.3. The third kappa shape index (κ3) is 1.75. The van der Waals surface area contributed by atoms with Crippen LogP contribution in [-0.4, -0.2) is 23.1 Å². The van der Waals surface area contributed by atoms with Gasteiger partial charge in [-0.1, -0.05) is 18.2 Å². The van der Waals surface area contributed by atoms with Gasteiger partial charge in [-0.3, -0.25) is 9.78 Å². The lowest BCUT2D eigenvalue weighted by molar-refractivity contribution is -0.139. The number of nitrogens with zero attached hydrogens (tertiary/aromatic N) is 1. The fourth-order valence-corrected chi connectivity index (χ4v) is 1.78. The van der Waals surface area contributed by atoms with E-state index in [1.54, 1.807) is 19.3 Å². The summed E-state index contributed by atoms with van der Waals surface area (Å²) in [7, 11) is 1.63. The number of benzene rings is 1. The number of hydrogen-bond donors (Lipinski definition) is 2. The van der Waals surface area contributed by atoms with Crippen LogP contribution in [0, 0.1) is 0 Å². The van der Waals surface area contributed by atoms with Crippen molar-refractivity contribution >= 4 is 16.9 Å². The molecule has 82 valence electrons. The molecular formula is C12H12N2O2. The van der Waals surface area contributed by atoms with Gasteiger partial charge in [-0.15, -0.1) is 0 Å². The molecule has 0 saturated heterocycles. The van der Waals surface area contributed by atoms with E-state index in [-0.39, 0.29) is 0 Å². The van der Waals surface area contributed by atoms with Gasteiger partial charge in [0, 0.05) is 11.6 Å². The molecule has 4 heteroatoms. The van der Waals surface area contributed by atoms with E-state index in [0.717, 1.165) is 16.5 Å². The fraction of sp³-hybridized carbons (Fsp3) is 0.167. The van der Waals surface area contributed by atoms with Crippen molar-refractivity contribution in [2.45, 2.75) is 6.04 Å². The second kappa shape index (κ2) is 4.28. The van der Waals surface area contributed by atoms with Crippen LogP contribution in [0.25, 0.3) is 10.9 Å². The van der Waals surface area contributed by atoms with Crippen molar-refractivity contribution < 1.29 is 9.90 Å². The number of likely N-dealkylation sites (N-methyl/N-ethyl adjacent to an activating group) is 1. The molecule has 0 saturated carbocycles. The average molecular weight is 216 g/mol. The maximum atomic E-state index is 11.1. The van der Waals surface area contributed by atoms with E-state index < -0.39 is 12.0 Å². The molecule has 1 heterocycles. The van der Waals surface area contributed by atoms with Crippen LogP contribution in [0.3, 0.4) is 0 Å². The van der Waals surface area contributed by atoms with Crippen LogP contribution in [0.15, 0.2) is 36.5 Å². The molecule has 0 aliphatic heterocycles. The Morgan fingerprint density at radius 1 is 1.38 bits per heavy atom. The topological polar surface area (TPSA) is 62.2 Å². The number of para-hydroxylation sites is 1. The molecule has 1 aromatic heterocycles. The van der Waals surface area contributed by atoms with Crippen LogP contribution in [0.5, 0.6) is 0 Å². The van der Waals surface area contributed by atoms with Crippen LogP contribution in [0.4, 0.5) is 0 Å². The fourth-order valence-electron chi connectivity index (χ4n) is 1.78. The zero-order valence-corrected chi connectivity index (χ0v) is 8.84. The Morgan fingerprint density at radius 3 is 2.81 bits per heavy atom. The standard InChI is InChI=1S/C12H12N2O2/c1-13-11(12(15)16)9-6-7-14-10-5-3-2-4-8(9)10/h2-7,11,13H,1H3,(H,15,16). The van der Waals surface area contributed by atoms with E-state index in [2.05, 4.69) is 10.3 Å². The lowest BCUT2D eigenvalue weighted by Crippen LogP contribution is -2.25. The minimum atomic E-state index is -0.890. The second-order valence-corrected chi connectivity index (χ2v) is 3.48. The molecule has 2 rings (SSSR count). The SMILES string of the molecule is CNC(C(=O)O)c1ccnc2ccccc12. The van der Waals surface area contributed by atoms with Gasteiger partial charge in [-0.25, -0.2) is 0 Å². The summed E-state index contributed by atoms with van der Waals surface area (Å²) in [6.45, 7) is 0. The molecule has 2 aromatic rings. The highest BCUT2D eigenvalue weighted by Crippen LogP contribution is 2.22. The molecule has 0 aliphatic carbocycles. The number of hydrogen-bond acceptors (Lipinski definition) is 3. The lowest BCUT2D eigenvalue weighted by atomic mass is 10.0. The first-order chi connectivity index (χ1) is 7.74. The smallest absolute Gasteiger partial charge is 0.325 e. The van der Waals surface area contributed by atoms with Gasteiger partial charge in [0.2, 0.25) is 0 Å². The number of rotatable bonds is 3. The van der Waals surface area contributed by atoms with Crippen molar-refractivity contribution in [3.63, 3.8) is 0 Å². The molecule has 1 unspecified atom stereocenters. The quantitative estimate of drug-likeness (QED) is 0.817. The predicted molar refractivity (Wildman–Crippen MR) is 61.2 cm³/mol. The first-order valence-corrected chi connectivity index (χ1v) is 4.97. The molecule has 0 spiro atoms. The van der Waals surface area contributed by atoms with E-state index in [1.807, 2.05) is 24.3 Å². The minimum absolute atomic E-state index is 0.701. The summed E-state index contributed by atoms with van der Waals surface area (Å²) < 4.78 is 0. The number of carboxylic acid groups (broad SMARTS) is 1. The Morgan fingerprint density at radius 2 is 2.12 bits per heavy atom. The van der Waals surface area contributed by atoms with Crippen LogP contribution < -0.4 is 5.32 Å². The number of carboxylic acids is 1. The van der Waals surface area contributed by atoms with E-state index in [1.165, 1.54) is 0 Å². The third-order valence-electron chi connectivity index (χ3n) is 2.53. The molecule has 0 radical (unpaired) electrons. The number of aromatic nitrogens is 1. The Labute approximate surface area is 92.9 Å². The van der Waals surface area contributed by atoms with E-state index in [9.17, 15) is 4.79 Å². The van der Waals surface area contributed by atoms with Gasteiger partial charge in [0.25, 0.3) is 0 Å². The van der Waals surface area contributed by atoms with Gasteiger partial charge in [0.1, 0.15) is 6.04 Å². The third-order valence-corrected chi connectivity index (χ3v) is 2.53. The summed E-state index contributed by atoms with van der Waals surface area (Å²) in [6.07, 6.45) is 1.63. The van der Waals surface area contributed by atoms with Gasteiger partial charge < -0.3 is 10.4 Å². The lowest BCUT2D eigenvalue weighted by Gasteiger charge is -2.13. The molecule has 4 nitrogen and oxygen atoms in total. The van der Waals surface area contributed by atoms with Crippen molar-refractivity contribution in [2.75, 3.05) is 7.05 Å².